The minimum absolute atomic E-state index is 0.0211. The van der Waals surface area contributed by atoms with Crippen molar-refractivity contribution in [3.63, 3.8) is 0 Å². The van der Waals surface area contributed by atoms with E-state index in [2.05, 4.69) is 5.32 Å². The van der Waals surface area contributed by atoms with Crippen LogP contribution in [0, 0.1) is 13.8 Å². The number of carbonyl (C=O) groups excluding carboxylic acids is 2. The summed E-state index contributed by atoms with van der Waals surface area (Å²) < 4.78 is 10.4. The standard InChI is InChI=1S/C19H21NO5/c1-11-5-7-16(21)14(9-11)19(23)25-13(3)18(22)20-15-10-12(2)6-8-17(15)24-4/h5-10,13,21H,1-4H3,(H,20,22)/t13-/m1/s1. The summed E-state index contributed by atoms with van der Waals surface area (Å²) in [5.41, 5.74) is 2.26. The van der Waals surface area contributed by atoms with Crippen LogP contribution in [0.4, 0.5) is 5.69 Å². The van der Waals surface area contributed by atoms with Gasteiger partial charge in [0.2, 0.25) is 0 Å². The molecule has 1 amide bonds. The first-order valence-corrected chi connectivity index (χ1v) is 7.78. The Hall–Kier alpha value is -3.02. The molecule has 6 heteroatoms. The summed E-state index contributed by atoms with van der Waals surface area (Å²) in [7, 11) is 1.50. The average Bonchev–Trinajstić information content (AvgIpc) is 2.57. The zero-order valence-corrected chi connectivity index (χ0v) is 14.6. The van der Waals surface area contributed by atoms with Crippen molar-refractivity contribution in [2.24, 2.45) is 0 Å². The van der Waals surface area contributed by atoms with E-state index in [4.69, 9.17) is 9.47 Å². The van der Waals surface area contributed by atoms with Gasteiger partial charge in [0.05, 0.1) is 12.8 Å². The van der Waals surface area contributed by atoms with Gasteiger partial charge in [-0.2, -0.15) is 0 Å². The third kappa shape index (κ3) is 4.50. The average molecular weight is 343 g/mol. The molecule has 0 aliphatic heterocycles. The Kier molecular flexibility index (Phi) is 5.64. The van der Waals surface area contributed by atoms with Crippen molar-refractivity contribution in [1.82, 2.24) is 0 Å². The summed E-state index contributed by atoms with van der Waals surface area (Å²) in [5, 5.41) is 12.5. The van der Waals surface area contributed by atoms with Gasteiger partial charge in [-0.15, -0.1) is 0 Å². The van der Waals surface area contributed by atoms with Gasteiger partial charge in [-0.05, 0) is 50.6 Å². The van der Waals surface area contributed by atoms with Gasteiger partial charge in [0.15, 0.2) is 6.10 Å². The predicted molar refractivity (Wildman–Crippen MR) is 94.1 cm³/mol. The highest BCUT2D eigenvalue weighted by molar-refractivity contribution is 5.99. The van der Waals surface area contributed by atoms with Crippen LogP contribution >= 0.6 is 0 Å². The van der Waals surface area contributed by atoms with Crippen LogP contribution in [-0.2, 0) is 9.53 Å². The topological polar surface area (TPSA) is 84.9 Å². The minimum Gasteiger partial charge on any atom is -0.507 e. The van der Waals surface area contributed by atoms with E-state index in [9.17, 15) is 14.7 Å². The van der Waals surface area contributed by atoms with Gasteiger partial charge in [-0.25, -0.2) is 4.79 Å². The number of benzene rings is 2. The largest absolute Gasteiger partial charge is 0.507 e. The minimum atomic E-state index is -1.04. The first-order valence-electron chi connectivity index (χ1n) is 7.78. The van der Waals surface area contributed by atoms with E-state index in [1.165, 1.54) is 26.2 Å². The Morgan fingerprint density at radius 1 is 1.08 bits per heavy atom. The molecule has 0 saturated heterocycles. The molecule has 1 atom stereocenters. The number of nitrogens with one attached hydrogen (secondary N) is 1. The number of phenolic OH excluding ortho intramolecular Hbond substituents is 1. The molecule has 0 aromatic heterocycles. The molecule has 2 aromatic rings. The van der Waals surface area contributed by atoms with Gasteiger partial charge in [0, 0.05) is 0 Å². The molecule has 25 heavy (non-hydrogen) atoms. The number of hydrogen-bond acceptors (Lipinski definition) is 5. The molecule has 0 unspecified atom stereocenters. The lowest BCUT2D eigenvalue weighted by Crippen LogP contribution is -2.30. The number of anilines is 1. The molecule has 132 valence electrons. The van der Waals surface area contributed by atoms with E-state index >= 15 is 0 Å². The summed E-state index contributed by atoms with van der Waals surface area (Å²) >= 11 is 0. The fraction of sp³-hybridized carbons (Fsp3) is 0.263. The van der Waals surface area contributed by atoms with Crippen LogP contribution in [0.3, 0.4) is 0 Å². The van der Waals surface area contributed by atoms with Crippen molar-refractivity contribution in [2.75, 3.05) is 12.4 Å². The zero-order valence-electron chi connectivity index (χ0n) is 14.6. The number of aryl methyl sites for hydroxylation is 2. The number of amides is 1. The third-order valence-electron chi connectivity index (χ3n) is 3.64. The molecule has 0 heterocycles. The quantitative estimate of drug-likeness (QED) is 0.815. The van der Waals surface area contributed by atoms with Crippen molar-refractivity contribution in [1.29, 1.82) is 0 Å². The van der Waals surface area contributed by atoms with Gasteiger partial charge in [-0.1, -0.05) is 17.7 Å². The van der Waals surface area contributed by atoms with Gasteiger partial charge in [-0.3, -0.25) is 4.79 Å². The van der Waals surface area contributed by atoms with Crippen LogP contribution < -0.4 is 10.1 Å². The second-order valence-electron chi connectivity index (χ2n) is 5.76. The fourth-order valence-corrected chi connectivity index (χ4v) is 2.24. The van der Waals surface area contributed by atoms with Crippen molar-refractivity contribution in [3.05, 3.63) is 53.1 Å². The Labute approximate surface area is 146 Å². The lowest BCUT2D eigenvalue weighted by Gasteiger charge is -2.16. The monoisotopic (exact) mass is 343 g/mol. The van der Waals surface area contributed by atoms with Gasteiger partial charge < -0.3 is 19.9 Å². The number of phenols is 1. The van der Waals surface area contributed by atoms with Crippen molar-refractivity contribution in [2.45, 2.75) is 26.9 Å². The van der Waals surface area contributed by atoms with Gasteiger partial charge in [0.1, 0.15) is 17.1 Å². The SMILES string of the molecule is COc1ccc(C)cc1NC(=O)[C@@H](C)OC(=O)c1cc(C)ccc1O. The van der Waals surface area contributed by atoms with Gasteiger partial charge >= 0.3 is 5.97 Å². The van der Waals surface area contributed by atoms with E-state index in [1.807, 2.05) is 13.0 Å². The van der Waals surface area contributed by atoms with Crippen LogP contribution in [-0.4, -0.2) is 30.2 Å². The summed E-state index contributed by atoms with van der Waals surface area (Å²) in [4.78, 5) is 24.5. The normalized spacial score (nSPS) is 11.5. The highest BCUT2D eigenvalue weighted by Gasteiger charge is 2.22. The highest BCUT2D eigenvalue weighted by Crippen LogP contribution is 2.25. The van der Waals surface area contributed by atoms with Crippen LogP contribution in [0.2, 0.25) is 0 Å². The van der Waals surface area contributed by atoms with E-state index in [1.54, 1.807) is 25.1 Å². The Morgan fingerprint density at radius 2 is 1.72 bits per heavy atom. The molecule has 6 nitrogen and oxygen atoms in total. The van der Waals surface area contributed by atoms with Crippen LogP contribution in [0.5, 0.6) is 11.5 Å². The lowest BCUT2D eigenvalue weighted by molar-refractivity contribution is -0.123. The van der Waals surface area contributed by atoms with Crippen LogP contribution in [0.1, 0.15) is 28.4 Å². The first kappa shape index (κ1) is 18.3. The molecule has 0 saturated carbocycles. The molecule has 0 spiro atoms. The summed E-state index contributed by atoms with van der Waals surface area (Å²) in [5.74, 6) is -0.943. The van der Waals surface area contributed by atoms with E-state index in [-0.39, 0.29) is 11.3 Å². The molecule has 0 aliphatic rings. The smallest absolute Gasteiger partial charge is 0.342 e. The molecule has 2 rings (SSSR count). The number of aromatic hydroxyl groups is 1. The van der Waals surface area contributed by atoms with E-state index in [0.717, 1.165) is 11.1 Å². The summed E-state index contributed by atoms with van der Waals surface area (Å²) in [6, 6.07) is 9.95. The third-order valence-corrected chi connectivity index (χ3v) is 3.64. The molecule has 0 bridgehead atoms. The number of rotatable bonds is 5. The second-order valence-corrected chi connectivity index (χ2v) is 5.76. The number of hydrogen-bond donors (Lipinski definition) is 2. The van der Waals surface area contributed by atoms with Crippen molar-refractivity contribution >= 4 is 17.6 Å². The maximum absolute atomic E-state index is 12.3. The van der Waals surface area contributed by atoms with Crippen molar-refractivity contribution in [3.8, 4) is 11.5 Å². The molecule has 2 N–H and O–H groups in total. The van der Waals surface area contributed by atoms with E-state index < -0.39 is 18.0 Å². The van der Waals surface area contributed by atoms with Crippen LogP contribution in [0.25, 0.3) is 0 Å². The predicted octanol–water partition coefficient (Wildman–Crippen LogP) is 3.20. The summed E-state index contributed by atoms with van der Waals surface area (Å²) in [6.45, 7) is 5.14. The Morgan fingerprint density at radius 3 is 2.40 bits per heavy atom. The number of methoxy groups -OCH3 is 1. The molecule has 0 fully saturated rings. The second kappa shape index (κ2) is 7.70. The van der Waals surface area contributed by atoms with Crippen molar-refractivity contribution < 1.29 is 24.2 Å². The number of ether oxygens (including phenoxy) is 2. The zero-order chi connectivity index (χ0) is 18.6. The summed E-state index contributed by atoms with van der Waals surface area (Å²) in [6.07, 6.45) is -1.04. The lowest BCUT2D eigenvalue weighted by atomic mass is 10.1. The molecule has 0 radical (unpaired) electrons. The first-order chi connectivity index (χ1) is 11.8. The molecular formula is C19H21NO5. The maximum atomic E-state index is 12.3. The Balaban J connectivity index is 2.09. The number of carbonyl (C=O) groups is 2. The van der Waals surface area contributed by atoms with Gasteiger partial charge in [0.25, 0.3) is 5.91 Å². The Bertz CT molecular complexity index is 800. The molecule has 0 aliphatic carbocycles. The number of esters is 1. The maximum Gasteiger partial charge on any atom is 0.342 e. The molecule has 2 aromatic carbocycles. The molecular weight excluding hydrogens is 322 g/mol. The fourth-order valence-electron chi connectivity index (χ4n) is 2.24. The highest BCUT2D eigenvalue weighted by atomic mass is 16.5. The van der Waals surface area contributed by atoms with Crippen LogP contribution in [0.15, 0.2) is 36.4 Å². The van der Waals surface area contributed by atoms with E-state index in [0.29, 0.717) is 11.4 Å².